The Morgan fingerprint density at radius 1 is 1.06 bits per heavy atom. The molecule has 0 spiro atoms. The predicted molar refractivity (Wildman–Crippen MR) is 123 cm³/mol. The van der Waals surface area contributed by atoms with Crippen LogP contribution in [0.3, 0.4) is 0 Å². The van der Waals surface area contributed by atoms with E-state index in [9.17, 15) is 4.79 Å². The Hall–Kier alpha value is -2.74. The summed E-state index contributed by atoms with van der Waals surface area (Å²) in [5.74, 6) is 1.58. The maximum absolute atomic E-state index is 13.4. The third-order valence-corrected chi connectivity index (χ3v) is 6.66. The van der Waals surface area contributed by atoms with E-state index in [0.717, 1.165) is 12.8 Å². The first-order chi connectivity index (χ1) is 14.9. The van der Waals surface area contributed by atoms with Crippen molar-refractivity contribution in [3.63, 3.8) is 0 Å². The lowest BCUT2D eigenvalue weighted by Gasteiger charge is -2.53. The Labute approximate surface area is 190 Å². The van der Waals surface area contributed by atoms with E-state index in [2.05, 4.69) is 50.1 Å². The van der Waals surface area contributed by atoms with E-state index >= 15 is 0 Å². The van der Waals surface area contributed by atoms with Gasteiger partial charge in [-0.3, -0.25) is 9.69 Å². The van der Waals surface area contributed by atoms with Gasteiger partial charge in [-0.15, -0.1) is 0 Å². The summed E-state index contributed by atoms with van der Waals surface area (Å²) in [6, 6.07) is 3.53. The largest absolute Gasteiger partial charge is 0.493 e. The van der Waals surface area contributed by atoms with Gasteiger partial charge in [0.2, 0.25) is 5.75 Å². The fourth-order valence-corrected chi connectivity index (χ4v) is 4.78. The molecule has 1 aromatic heterocycles. The second-order valence-electron chi connectivity index (χ2n) is 9.65. The first kappa shape index (κ1) is 23.9. The van der Waals surface area contributed by atoms with Crippen molar-refractivity contribution in [1.29, 1.82) is 0 Å². The third kappa shape index (κ3) is 4.28. The van der Waals surface area contributed by atoms with Gasteiger partial charge in [-0.1, -0.05) is 5.16 Å². The molecule has 1 amide bonds. The number of rotatable bonds is 6. The van der Waals surface area contributed by atoms with Crippen molar-refractivity contribution in [3.8, 4) is 28.6 Å². The van der Waals surface area contributed by atoms with Crippen LogP contribution in [0.2, 0.25) is 0 Å². The molecule has 8 heteroatoms. The van der Waals surface area contributed by atoms with Crippen molar-refractivity contribution in [3.05, 3.63) is 23.4 Å². The number of amides is 1. The molecule has 3 rings (SSSR count). The summed E-state index contributed by atoms with van der Waals surface area (Å²) in [6.45, 7) is 10.6. The van der Waals surface area contributed by atoms with Crippen LogP contribution in [0.15, 0.2) is 16.7 Å². The van der Waals surface area contributed by atoms with Crippen LogP contribution in [0, 0.1) is 6.92 Å². The highest BCUT2D eigenvalue weighted by molar-refractivity contribution is 6.01. The lowest BCUT2D eigenvalue weighted by molar-refractivity contribution is -0.0169. The van der Waals surface area contributed by atoms with Gasteiger partial charge in [0.25, 0.3) is 5.91 Å². The molecule has 2 heterocycles. The molecule has 1 N–H and O–H groups in total. The molecule has 0 saturated carbocycles. The van der Waals surface area contributed by atoms with E-state index in [1.165, 1.54) is 0 Å². The van der Waals surface area contributed by atoms with Gasteiger partial charge in [0.05, 0.1) is 27.0 Å². The lowest BCUT2D eigenvalue weighted by atomic mass is 9.77. The Bertz CT molecular complexity index is 953. The molecule has 2 aromatic rings. The van der Waals surface area contributed by atoms with E-state index in [1.807, 2.05) is 0 Å². The van der Waals surface area contributed by atoms with E-state index in [1.54, 1.807) is 40.4 Å². The van der Waals surface area contributed by atoms with Crippen LogP contribution >= 0.6 is 0 Å². The number of piperidine rings is 1. The summed E-state index contributed by atoms with van der Waals surface area (Å²) in [6.07, 6.45) is 1.70. The van der Waals surface area contributed by atoms with Gasteiger partial charge in [-0.25, -0.2) is 0 Å². The minimum Gasteiger partial charge on any atom is -0.493 e. The first-order valence-electron chi connectivity index (χ1n) is 10.8. The number of likely N-dealkylation sites (tertiary alicyclic amines) is 1. The van der Waals surface area contributed by atoms with Gasteiger partial charge < -0.3 is 24.1 Å². The monoisotopic (exact) mass is 445 g/mol. The molecule has 0 aliphatic carbocycles. The summed E-state index contributed by atoms with van der Waals surface area (Å²) in [4.78, 5) is 15.8. The number of hydrogen-bond donors (Lipinski definition) is 1. The van der Waals surface area contributed by atoms with Crippen LogP contribution in [-0.4, -0.2) is 61.5 Å². The SMILES string of the molecule is COc1cc(-c2onc(C)c2C(=O)NC2CC(C)(C)N(C)C(C)(C)C2)cc(OC)c1OC. The molecule has 0 radical (unpaired) electrons. The topological polar surface area (TPSA) is 86.1 Å². The Kier molecular flexibility index (Phi) is 6.47. The second-order valence-corrected chi connectivity index (χ2v) is 9.65. The van der Waals surface area contributed by atoms with Crippen LogP contribution in [0.25, 0.3) is 11.3 Å². The average Bonchev–Trinajstić information content (AvgIpc) is 3.11. The molecule has 176 valence electrons. The zero-order valence-corrected chi connectivity index (χ0v) is 20.6. The normalized spacial score (nSPS) is 18.3. The number of nitrogens with one attached hydrogen (secondary N) is 1. The predicted octanol–water partition coefficient (Wildman–Crippen LogP) is 4.06. The van der Waals surface area contributed by atoms with Crippen LogP contribution in [0.5, 0.6) is 17.2 Å². The highest BCUT2D eigenvalue weighted by Crippen LogP contribution is 2.42. The van der Waals surface area contributed by atoms with Crippen LogP contribution in [0.1, 0.15) is 56.6 Å². The van der Waals surface area contributed by atoms with Crippen molar-refractivity contribution in [2.24, 2.45) is 0 Å². The van der Waals surface area contributed by atoms with Crippen LogP contribution in [0.4, 0.5) is 0 Å². The van der Waals surface area contributed by atoms with Gasteiger partial charge in [0.1, 0.15) is 5.56 Å². The number of benzene rings is 1. The number of carbonyl (C=O) groups is 1. The number of hydrogen-bond acceptors (Lipinski definition) is 7. The Balaban J connectivity index is 1.95. The van der Waals surface area contributed by atoms with E-state index in [0.29, 0.717) is 39.8 Å². The highest BCUT2D eigenvalue weighted by Gasteiger charge is 2.43. The number of aromatic nitrogens is 1. The molecule has 0 atom stereocenters. The van der Waals surface area contributed by atoms with Gasteiger partial charge in [0.15, 0.2) is 17.3 Å². The maximum atomic E-state index is 13.4. The van der Waals surface area contributed by atoms with Crippen molar-refractivity contribution in [2.45, 2.75) is 64.6 Å². The minimum absolute atomic E-state index is 0.0331. The fourth-order valence-electron chi connectivity index (χ4n) is 4.78. The maximum Gasteiger partial charge on any atom is 0.257 e. The smallest absolute Gasteiger partial charge is 0.257 e. The van der Waals surface area contributed by atoms with E-state index in [-0.39, 0.29) is 23.0 Å². The fraction of sp³-hybridized carbons (Fsp3) is 0.583. The number of carbonyl (C=O) groups excluding carboxylic acids is 1. The van der Waals surface area contributed by atoms with Crippen molar-refractivity contribution in [2.75, 3.05) is 28.4 Å². The Morgan fingerprint density at radius 3 is 2.06 bits per heavy atom. The average molecular weight is 446 g/mol. The standard InChI is InChI=1S/C24H35N3O5/c1-14-19(22(28)25-16-12-23(2,3)27(6)24(4,5)13-16)20(32-26-14)15-10-17(29-7)21(31-9)18(11-15)30-8/h10-11,16H,12-13H2,1-9H3,(H,25,28). The number of methoxy groups -OCH3 is 3. The molecule has 1 aromatic carbocycles. The van der Waals surface area contributed by atoms with Crippen LogP contribution in [-0.2, 0) is 0 Å². The van der Waals surface area contributed by atoms with Crippen molar-refractivity contribution >= 4 is 5.91 Å². The molecule has 8 nitrogen and oxygen atoms in total. The van der Waals surface area contributed by atoms with E-state index in [4.69, 9.17) is 18.7 Å². The zero-order chi connectivity index (χ0) is 23.8. The first-order valence-corrected chi connectivity index (χ1v) is 10.8. The summed E-state index contributed by atoms with van der Waals surface area (Å²) < 4.78 is 21.9. The van der Waals surface area contributed by atoms with Gasteiger partial charge in [0, 0.05) is 22.7 Å². The molecule has 0 unspecified atom stereocenters. The summed E-state index contributed by atoms with van der Waals surface area (Å²) >= 11 is 0. The molecular weight excluding hydrogens is 410 g/mol. The summed E-state index contributed by atoms with van der Waals surface area (Å²) in [5, 5.41) is 7.30. The van der Waals surface area contributed by atoms with E-state index < -0.39 is 0 Å². The lowest BCUT2D eigenvalue weighted by Crippen LogP contribution is -2.62. The molecule has 1 saturated heterocycles. The Morgan fingerprint density at radius 2 is 1.59 bits per heavy atom. The van der Waals surface area contributed by atoms with Crippen molar-refractivity contribution < 1.29 is 23.5 Å². The highest BCUT2D eigenvalue weighted by atomic mass is 16.5. The summed E-state index contributed by atoms with van der Waals surface area (Å²) in [7, 11) is 6.78. The van der Waals surface area contributed by atoms with Gasteiger partial charge >= 0.3 is 0 Å². The third-order valence-electron chi connectivity index (χ3n) is 6.66. The molecule has 32 heavy (non-hydrogen) atoms. The number of nitrogens with zero attached hydrogens (tertiary/aromatic N) is 2. The van der Waals surface area contributed by atoms with Crippen molar-refractivity contribution in [1.82, 2.24) is 15.4 Å². The number of aryl methyl sites for hydroxylation is 1. The zero-order valence-electron chi connectivity index (χ0n) is 20.6. The minimum atomic E-state index is -0.200. The van der Waals surface area contributed by atoms with Gasteiger partial charge in [-0.2, -0.15) is 0 Å². The molecule has 0 bridgehead atoms. The molecule has 1 aliphatic rings. The summed E-state index contributed by atoms with van der Waals surface area (Å²) in [5.41, 5.74) is 1.48. The van der Waals surface area contributed by atoms with Gasteiger partial charge in [-0.05, 0) is 66.6 Å². The second kappa shape index (κ2) is 8.65. The van der Waals surface area contributed by atoms with Crippen LogP contribution < -0.4 is 19.5 Å². The molecule has 1 fully saturated rings. The molecule has 1 aliphatic heterocycles. The molecular formula is C24H35N3O5. The quantitative estimate of drug-likeness (QED) is 0.718. The number of ether oxygens (including phenoxy) is 3.